The normalized spacial score (nSPS) is 22.9. The van der Waals surface area contributed by atoms with Crippen LogP contribution in [0.2, 0.25) is 5.02 Å². The highest BCUT2D eigenvalue weighted by Gasteiger charge is 2.30. The number of nitrogens with zero attached hydrogens (tertiary/aromatic N) is 5. The molecule has 0 saturated carbocycles. The van der Waals surface area contributed by atoms with Crippen LogP contribution < -0.4 is 0 Å². The highest BCUT2D eigenvalue weighted by molar-refractivity contribution is 6.30. The van der Waals surface area contributed by atoms with Gasteiger partial charge in [0.05, 0.1) is 5.69 Å². The van der Waals surface area contributed by atoms with Crippen molar-refractivity contribution in [1.82, 2.24) is 19.8 Å². The summed E-state index contributed by atoms with van der Waals surface area (Å²) >= 11 is 6.14. The molecule has 1 aliphatic carbocycles. The van der Waals surface area contributed by atoms with E-state index in [-0.39, 0.29) is 0 Å². The van der Waals surface area contributed by atoms with E-state index in [0.717, 1.165) is 61.3 Å². The van der Waals surface area contributed by atoms with Crippen LogP contribution in [0.1, 0.15) is 55.8 Å². The van der Waals surface area contributed by atoms with Gasteiger partial charge in [-0.15, -0.1) is 5.11 Å². The van der Waals surface area contributed by atoms with Crippen LogP contribution in [-0.4, -0.2) is 52.0 Å². The molecule has 0 radical (unpaired) electrons. The molecule has 2 aromatic rings. The van der Waals surface area contributed by atoms with Crippen LogP contribution >= 0.6 is 11.6 Å². The minimum atomic E-state index is 0.543. The van der Waals surface area contributed by atoms with Crippen LogP contribution in [0.3, 0.4) is 0 Å². The molecule has 174 valence electrons. The van der Waals surface area contributed by atoms with E-state index in [1.165, 1.54) is 37.7 Å². The van der Waals surface area contributed by atoms with E-state index in [0.29, 0.717) is 11.9 Å². The van der Waals surface area contributed by atoms with E-state index in [1.54, 1.807) is 17.5 Å². The van der Waals surface area contributed by atoms with E-state index in [4.69, 9.17) is 17.1 Å². The van der Waals surface area contributed by atoms with Crippen LogP contribution in [0.4, 0.5) is 5.82 Å². The molecular weight excluding hydrogens is 432 g/mol. The van der Waals surface area contributed by atoms with Crippen molar-refractivity contribution >= 4 is 23.0 Å². The van der Waals surface area contributed by atoms with Gasteiger partial charge in [0.25, 0.3) is 0 Å². The lowest BCUT2D eigenvalue weighted by Gasteiger charge is -2.41. The van der Waals surface area contributed by atoms with Gasteiger partial charge in [0.15, 0.2) is 5.82 Å². The number of fused-ring (bicyclic) bond motifs is 1. The Kier molecular flexibility index (Phi) is 6.86. The Labute approximate surface area is 201 Å². The van der Waals surface area contributed by atoms with Gasteiger partial charge in [-0.3, -0.25) is 9.80 Å². The minimum Gasteiger partial charge on any atom is -0.299 e. The lowest BCUT2D eigenvalue weighted by Crippen LogP contribution is -2.47. The van der Waals surface area contributed by atoms with Crippen molar-refractivity contribution in [3.8, 4) is 0 Å². The van der Waals surface area contributed by atoms with Crippen molar-refractivity contribution in [2.24, 2.45) is 11.0 Å². The second-order valence-corrected chi connectivity index (χ2v) is 10.3. The standard InChI is InChI=1S/C26H33ClN6/c1-18-2-3-20(24(14-18)19-4-6-21(27)7-5-19)15-32-11-8-22(9-12-32)33-13-10-23-25(16-33)29-17-30-26(23)31-28/h4-7,17-18,22,28H,2-3,8-16H2,1H3. The van der Waals surface area contributed by atoms with Gasteiger partial charge in [0, 0.05) is 36.3 Å². The third-order valence-electron chi connectivity index (χ3n) is 7.72. The van der Waals surface area contributed by atoms with Crippen LogP contribution in [0.25, 0.3) is 5.57 Å². The summed E-state index contributed by atoms with van der Waals surface area (Å²) in [6.45, 7) is 7.64. The largest absolute Gasteiger partial charge is 0.299 e. The summed E-state index contributed by atoms with van der Waals surface area (Å²) in [7, 11) is 0. The zero-order chi connectivity index (χ0) is 22.8. The monoisotopic (exact) mass is 464 g/mol. The second-order valence-electron chi connectivity index (χ2n) is 9.90. The number of halogens is 1. The molecule has 3 heterocycles. The molecule has 6 nitrogen and oxygen atoms in total. The van der Waals surface area contributed by atoms with Crippen LogP contribution in [0.5, 0.6) is 0 Å². The molecule has 1 atom stereocenters. The highest BCUT2D eigenvalue weighted by atomic mass is 35.5. The number of piperidine rings is 1. The van der Waals surface area contributed by atoms with Gasteiger partial charge < -0.3 is 0 Å². The van der Waals surface area contributed by atoms with Crippen molar-refractivity contribution in [2.45, 2.75) is 58.0 Å². The van der Waals surface area contributed by atoms with Crippen molar-refractivity contribution in [1.29, 1.82) is 5.53 Å². The average Bonchev–Trinajstić information content (AvgIpc) is 2.85. The first-order valence-corrected chi connectivity index (χ1v) is 12.6. The third kappa shape index (κ3) is 5.03. The summed E-state index contributed by atoms with van der Waals surface area (Å²) in [5.74, 6) is 1.29. The van der Waals surface area contributed by atoms with E-state index in [9.17, 15) is 0 Å². The third-order valence-corrected chi connectivity index (χ3v) is 7.97. The van der Waals surface area contributed by atoms with Gasteiger partial charge in [0.1, 0.15) is 6.33 Å². The Morgan fingerprint density at radius 3 is 2.61 bits per heavy atom. The van der Waals surface area contributed by atoms with Gasteiger partial charge in [-0.05, 0) is 80.8 Å². The summed E-state index contributed by atoms with van der Waals surface area (Å²) in [5.41, 5.74) is 14.0. The van der Waals surface area contributed by atoms with E-state index >= 15 is 0 Å². The number of benzene rings is 1. The van der Waals surface area contributed by atoms with Gasteiger partial charge in [-0.2, -0.15) is 0 Å². The average molecular weight is 465 g/mol. The molecule has 2 aliphatic heterocycles. The molecular formula is C26H33ClN6. The fraction of sp³-hybridized carbons (Fsp3) is 0.538. The van der Waals surface area contributed by atoms with Crippen LogP contribution in [-0.2, 0) is 13.0 Å². The maximum Gasteiger partial charge on any atom is 0.180 e. The van der Waals surface area contributed by atoms with Crippen molar-refractivity contribution in [3.63, 3.8) is 0 Å². The maximum atomic E-state index is 7.35. The topological polar surface area (TPSA) is 68.5 Å². The maximum absolute atomic E-state index is 7.35. The number of rotatable bonds is 5. The molecule has 1 aromatic heterocycles. The molecule has 5 rings (SSSR count). The molecule has 0 spiro atoms. The molecule has 1 fully saturated rings. The summed E-state index contributed by atoms with van der Waals surface area (Å²) in [6.07, 6.45) is 8.54. The molecule has 7 heteroatoms. The number of hydrogen-bond acceptors (Lipinski definition) is 6. The Morgan fingerprint density at radius 2 is 1.85 bits per heavy atom. The summed E-state index contributed by atoms with van der Waals surface area (Å²) in [5, 5.41) is 4.40. The molecule has 0 bridgehead atoms. The number of nitrogens with one attached hydrogen (secondary N) is 1. The number of likely N-dealkylation sites (tertiary alicyclic amines) is 1. The van der Waals surface area contributed by atoms with E-state index in [1.807, 2.05) is 12.1 Å². The molecule has 1 unspecified atom stereocenters. The number of aromatic nitrogens is 2. The second kappa shape index (κ2) is 10.00. The Morgan fingerprint density at radius 1 is 1.06 bits per heavy atom. The number of hydrogen-bond donors (Lipinski definition) is 1. The summed E-state index contributed by atoms with van der Waals surface area (Å²) in [4.78, 5) is 13.9. The molecule has 0 amide bonds. The molecule has 3 aliphatic rings. The van der Waals surface area contributed by atoms with Crippen LogP contribution in [0, 0.1) is 11.4 Å². The molecule has 1 saturated heterocycles. The van der Waals surface area contributed by atoms with E-state index < -0.39 is 0 Å². The predicted octanol–water partition coefficient (Wildman–Crippen LogP) is 5.89. The Bertz CT molecular complexity index is 1030. The quantitative estimate of drug-likeness (QED) is 0.560. The fourth-order valence-corrected chi connectivity index (χ4v) is 5.92. The van der Waals surface area contributed by atoms with Gasteiger partial charge in [0.2, 0.25) is 0 Å². The van der Waals surface area contributed by atoms with Gasteiger partial charge in [-0.25, -0.2) is 15.5 Å². The SMILES string of the molecule is CC1CCC(CN2CCC(N3CCc4c(ncnc4N=N)C3)CC2)=C(c2ccc(Cl)cc2)C1. The van der Waals surface area contributed by atoms with Crippen molar-refractivity contribution in [2.75, 3.05) is 26.2 Å². The Hall–Kier alpha value is -2.15. The van der Waals surface area contributed by atoms with Gasteiger partial charge in [-0.1, -0.05) is 36.2 Å². The number of allylic oxidation sites excluding steroid dienone is 1. The predicted molar refractivity (Wildman–Crippen MR) is 132 cm³/mol. The first kappa shape index (κ1) is 22.6. The zero-order valence-electron chi connectivity index (χ0n) is 19.4. The first-order valence-electron chi connectivity index (χ1n) is 12.2. The van der Waals surface area contributed by atoms with Crippen LogP contribution in [0.15, 0.2) is 41.3 Å². The van der Waals surface area contributed by atoms with Crippen molar-refractivity contribution < 1.29 is 0 Å². The molecule has 1 aromatic carbocycles. The summed E-state index contributed by atoms with van der Waals surface area (Å²) < 4.78 is 0. The zero-order valence-corrected chi connectivity index (χ0v) is 20.2. The molecule has 1 N–H and O–H groups in total. The molecule has 33 heavy (non-hydrogen) atoms. The first-order chi connectivity index (χ1) is 16.1. The lowest BCUT2D eigenvalue weighted by molar-refractivity contribution is 0.100. The van der Waals surface area contributed by atoms with Gasteiger partial charge >= 0.3 is 0 Å². The summed E-state index contributed by atoms with van der Waals surface area (Å²) in [6, 6.07) is 9.04. The highest BCUT2D eigenvalue weighted by Crippen LogP contribution is 2.37. The fourth-order valence-electron chi connectivity index (χ4n) is 5.79. The van der Waals surface area contributed by atoms with E-state index in [2.05, 4.69) is 43.9 Å². The smallest absolute Gasteiger partial charge is 0.180 e. The van der Waals surface area contributed by atoms with Crippen molar-refractivity contribution in [3.05, 3.63) is 58.0 Å². The minimum absolute atomic E-state index is 0.543. The Balaban J connectivity index is 1.22. The lowest BCUT2D eigenvalue weighted by atomic mass is 9.81.